The lowest BCUT2D eigenvalue weighted by atomic mass is 10.3. The van der Waals surface area contributed by atoms with Gasteiger partial charge in [-0.15, -0.1) is 0 Å². The van der Waals surface area contributed by atoms with Crippen LogP contribution >= 0.6 is 0 Å². The summed E-state index contributed by atoms with van der Waals surface area (Å²) in [5, 5.41) is 3.23. The maximum absolute atomic E-state index is 5.41. The Morgan fingerprint density at radius 2 is 1.77 bits per heavy atom. The average molecular weight is 189 g/mol. The van der Waals surface area contributed by atoms with Crippen LogP contribution in [0.4, 0.5) is 0 Å². The summed E-state index contributed by atoms with van der Waals surface area (Å²) in [7, 11) is 1.71. The fourth-order valence-corrected chi connectivity index (χ4v) is 1.000. The summed E-state index contributed by atoms with van der Waals surface area (Å²) >= 11 is 0. The lowest BCUT2D eigenvalue weighted by molar-refractivity contribution is 0.129. The van der Waals surface area contributed by atoms with Gasteiger partial charge in [0, 0.05) is 26.8 Å². The first-order valence-corrected chi connectivity index (χ1v) is 5.19. The number of hydrogen-bond donors (Lipinski definition) is 1. The molecule has 0 fully saturated rings. The minimum Gasteiger partial charge on any atom is -0.383 e. The Hall–Kier alpha value is -0.120. The number of nitrogens with one attached hydrogen (secondary N) is 1. The third-order valence-electron chi connectivity index (χ3n) is 1.80. The van der Waals surface area contributed by atoms with Gasteiger partial charge in [0.05, 0.1) is 13.2 Å². The van der Waals surface area contributed by atoms with Crippen LogP contribution in [-0.4, -0.2) is 40.0 Å². The van der Waals surface area contributed by atoms with E-state index in [0.717, 1.165) is 32.9 Å². The smallest absolute Gasteiger partial charge is 0.0590 e. The second-order valence-corrected chi connectivity index (χ2v) is 3.06. The van der Waals surface area contributed by atoms with Crippen molar-refractivity contribution in [3.8, 4) is 0 Å². The summed E-state index contributed by atoms with van der Waals surface area (Å²) in [6.07, 6.45) is 3.72. The van der Waals surface area contributed by atoms with E-state index in [1.807, 2.05) is 0 Å². The Bertz CT molecular complexity index is 79.0. The second-order valence-electron chi connectivity index (χ2n) is 3.06. The lowest BCUT2D eigenvalue weighted by Crippen LogP contribution is -2.23. The van der Waals surface area contributed by atoms with Crippen LogP contribution in [0.25, 0.3) is 0 Å². The number of unbranched alkanes of at least 4 members (excludes halogenated alkanes) is 2. The van der Waals surface area contributed by atoms with Crippen molar-refractivity contribution in [2.24, 2.45) is 0 Å². The standard InChI is InChI=1S/C10H23NO2/c1-3-4-5-8-13-10-7-11-6-9-12-2/h11H,3-10H2,1-2H3. The van der Waals surface area contributed by atoms with Gasteiger partial charge in [-0.1, -0.05) is 19.8 Å². The van der Waals surface area contributed by atoms with E-state index in [1.54, 1.807) is 7.11 Å². The van der Waals surface area contributed by atoms with Crippen LogP contribution in [0, 0.1) is 0 Å². The highest BCUT2D eigenvalue weighted by molar-refractivity contribution is 4.44. The van der Waals surface area contributed by atoms with Gasteiger partial charge in [-0.2, -0.15) is 0 Å². The molecule has 0 saturated carbocycles. The summed E-state index contributed by atoms with van der Waals surface area (Å²) < 4.78 is 10.3. The molecule has 0 amide bonds. The first kappa shape index (κ1) is 12.9. The molecule has 0 unspecified atom stereocenters. The molecule has 0 rings (SSSR count). The molecular formula is C10H23NO2. The molecule has 80 valence electrons. The summed E-state index contributed by atoms with van der Waals surface area (Å²) in [5.41, 5.74) is 0. The monoisotopic (exact) mass is 189 g/mol. The lowest BCUT2D eigenvalue weighted by Gasteiger charge is -2.05. The molecule has 0 heterocycles. The first-order chi connectivity index (χ1) is 6.41. The van der Waals surface area contributed by atoms with E-state index in [2.05, 4.69) is 12.2 Å². The summed E-state index contributed by atoms with van der Waals surface area (Å²) in [5.74, 6) is 0. The number of rotatable bonds is 10. The van der Waals surface area contributed by atoms with E-state index in [4.69, 9.17) is 9.47 Å². The summed E-state index contributed by atoms with van der Waals surface area (Å²) in [6, 6.07) is 0. The van der Waals surface area contributed by atoms with E-state index in [9.17, 15) is 0 Å². The maximum atomic E-state index is 5.41. The molecular weight excluding hydrogens is 166 g/mol. The molecule has 1 N–H and O–H groups in total. The third-order valence-corrected chi connectivity index (χ3v) is 1.80. The average Bonchev–Trinajstić information content (AvgIpc) is 2.16. The van der Waals surface area contributed by atoms with E-state index < -0.39 is 0 Å². The van der Waals surface area contributed by atoms with Gasteiger partial charge in [0.15, 0.2) is 0 Å². The highest BCUT2D eigenvalue weighted by Gasteiger charge is 1.88. The molecule has 0 aliphatic carbocycles. The summed E-state index contributed by atoms with van der Waals surface area (Å²) in [4.78, 5) is 0. The number of hydrogen-bond acceptors (Lipinski definition) is 3. The molecule has 0 spiro atoms. The van der Waals surface area contributed by atoms with Crippen LogP contribution in [0.3, 0.4) is 0 Å². The predicted octanol–water partition coefficient (Wildman–Crippen LogP) is 1.43. The molecule has 3 heteroatoms. The molecule has 0 aliphatic rings. The quantitative estimate of drug-likeness (QED) is 0.527. The van der Waals surface area contributed by atoms with Gasteiger partial charge in [0.1, 0.15) is 0 Å². The molecule has 0 aromatic carbocycles. The zero-order valence-corrected chi connectivity index (χ0v) is 8.97. The van der Waals surface area contributed by atoms with Crippen molar-refractivity contribution in [2.75, 3.05) is 40.0 Å². The van der Waals surface area contributed by atoms with Crippen LogP contribution < -0.4 is 5.32 Å². The van der Waals surface area contributed by atoms with Gasteiger partial charge in [0.2, 0.25) is 0 Å². The molecule has 3 nitrogen and oxygen atoms in total. The SMILES string of the molecule is CCCCCOCCNCCOC. The molecule has 0 radical (unpaired) electrons. The van der Waals surface area contributed by atoms with Crippen molar-refractivity contribution in [1.29, 1.82) is 0 Å². The van der Waals surface area contributed by atoms with Crippen molar-refractivity contribution in [3.63, 3.8) is 0 Å². The minimum atomic E-state index is 0.774. The van der Waals surface area contributed by atoms with E-state index in [1.165, 1.54) is 19.3 Å². The second kappa shape index (κ2) is 11.9. The number of methoxy groups -OCH3 is 1. The van der Waals surface area contributed by atoms with Crippen LogP contribution in [-0.2, 0) is 9.47 Å². The topological polar surface area (TPSA) is 30.5 Å². The van der Waals surface area contributed by atoms with Gasteiger partial charge in [-0.05, 0) is 6.42 Å². The van der Waals surface area contributed by atoms with Gasteiger partial charge >= 0.3 is 0 Å². The first-order valence-electron chi connectivity index (χ1n) is 5.19. The number of ether oxygens (including phenoxy) is 2. The fourth-order valence-electron chi connectivity index (χ4n) is 1.000. The Morgan fingerprint density at radius 3 is 2.46 bits per heavy atom. The van der Waals surface area contributed by atoms with Crippen molar-refractivity contribution >= 4 is 0 Å². The Labute approximate surface area is 81.8 Å². The predicted molar refractivity (Wildman–Crippen MR) is 55.1 cm³/mol. The normalized spacial score (nSPS) is 10.6. The van der Waals surface area contributed by atoms with Crippen molar-refractivity contribution in [2.45, 2.75) is 26.2 Å². The molecule has 0 aromatic rings. The Kier molecular flexibility index (Phi) is 11.8. The van der Waals surface area contributed by atoms with Gasteiger partial charge in [-0.3, -0.25) is 0 Å². The fraction of sp³-hybridized carbons (Fsp3) is 1.00. The molecule has 0 aliphatic heterocycles. The molecule has 0 bridgehead atoms. The van der Waals surface area contributed by atoms with E-state index >= 15 is 0 Å². The van der Waals surface area contributed by atoms with Gasteiger partial charge in [-0.25, -0.2) is 0 Å². The van der Waals surface area contributed by atoms with E-state index in [0.29, 0.717) is 0 Å². The van der Waals surface area contributed by atoms with Gasteiger partial charge in [0.25, 0.3) is 0 Å². The van der Waals surface area contributed by atoms with E-state index in [-0.39, 0.29) is 0 Å². The van der Waals surface area contributed by atoms with Gasteiger partial charge < -0.3 is 14.8 Å². The summed E-state index contributed by atoms with van der Waals surface area (Å²) in [6.45, 7) is 6.53. The largest absolute Gasteiger partial charge is 0.383 e. The van der Waals surface area contributed by atoms with Crippen LogP contribution in [0.5, 0.6) is 0 Å². The van der Waals surface area contributed by atoms with Crippen LogP contribution in [0.1, 0.15) is 26.2 Å². The molecule has 13 heavy (non-hydrogen) atoms. The van der Waals surface area contributed by atoms with Crippen LogP contribution in [0.15, 0.2) is 0 Å². The molecule has 0 saturated heterocycles. The van der Waals surface area contributed by atoms with Crippen molar-refractivity contribution < 1.29 is 9.47 Å². The Balaban J connectivity index is 2.76. The molecule has 0 atom stereocenters. The van der Waals surface area contributed by atoms with Crippen LogP contribution in [0.2, 0.25) is 0 Å². The maximum Gasteiger partial charge on any atom is 0.0590 e. The highest BCUT2D eigenvalue weighted by atomic mass is 16.5. The van der Waals surface area contributed by atoms with Crippen molar-refractivity contribution in [3.05, 3.63) is 0 Å². The van der Waals surface area contributed by atoms with Crippen molar-refractivity contribution in [1.82, 2.24) is 5.32 Å². The third kappa shape index (κ3) is 11.9. The molecule has 0 aromatic heterocycles. The highest BCUT2D eigenvalue weighted by Crippen LogP contribution is 1.93. The zero-order chi connectivity index (χ0) is 9.78. The Morgan fingerprint density at radius 1 is 1.00 bits per heavy atom. The minimum absolute atomic E-state index is 0.774. The zero-order valence-electron chi connectivity index (χ0n) is 8.97.